The van der Waals surface area contributed by atoms with Gasteiger partial charge in [0.15, 0.2) is 6.86 Å². The van der Waals surface area contributed by atoms with Crippen molar-refractivity contribution in [3.63, 3.8) is 0 Å². The molecule has 102 valence electrons. The molecule has 1 saturated heterocycles. The van der Waals surface area contributed by atoms with Gasteiger partial charge in [-0.05, 0) is 0 Å². The van der Waals surface area contributed by atoms with Crippen LogP contribution in [0.1, 0.15) is 0 Å². The lowest BCUT2D eigenvalue weighted by Gasteiger charge is -2.20. The first kappa shape index (κ1) is 14.6. The SMILES string of the molecule is FCOC(F)(F)COC(F)(F)COCC1CO1. The van der Waals surface area contributed by atoms with Gasteiger partial charge in [0.05, 0.1) is 13.2 Å². The van der Waals surface area contributed by atoms with Crippen LogP contribution in [0.4, 0.5) is 22.0 Å². The Morgan fingerprint density at radius 2 is 1.65 bits per heavy atom. The van der Waals surface area contributed by atoms with Gasteiger partial charge in [0.2, 0.25) is 0 Å². The summed E-state index contributed by atoms with van der Waals surface area (Å²) in [4.78, 5) is 0. The summed E-state index contributed by atoms with van der Waals surface area (Å²) in [5.41, 5.74) is 0. The molecule has 0 aromatic carbocycles. The van der Waals surface area contributed by atoms with Crippen molar-refractivity contribution in [3.8, 4) is 0 Å². The van der Waals surface area contributed by atoms with Crippen LogP contribution in [0.2, 0.25) is 0 Å². The van der Waals surface area contributed by atoms with Gasteiger partial charge in [-0.1, -0.05) is 0 Å². The summed E-state index contributed by atoms with van der Waals surface area (Å²) in [5, 5.41) is 0. The fourth-order valence-electron chi connectivity index (χ4n) is 0.826. The van der Waals surface area contributed by atoms with Gasteiger partial charge in [-0.3, -0.25) is 4.74 Å². The van der Waals surface area contributed by atoms with Crippen LogP contribution in [0.5, 0.6) is 0 Å². The Labute approximate surface area is 93.6 Å². The van der Waals surface area contributed by atoms with Crippen LogP contribution in [0.25, 0.3) is 0 Å². The third-order valence-corrected chi connectivity index (χ3v) is 1.69. The zero-order valence-electron chi connectivity index (χ0n) is 8.64. The first-order chi connectivity index (χ1) is 7.85. The lowest BCUT2D eigenvalue weighted by atomic mass is 10.5. The number of epoxide rings is 1. The maximum atomic E-state index is 12.8. The Hall–Kier alpha value is -0.510. The summed E-state index contributed by atoms with van der Waals surface area (Å²) < 4.78 is 77.9. The van der Waals surface area contributed by atoms with E-state index in [-0.39, 0.29) is 12.7 Å². The lowest BCUT2D eigenvalue weighted by Crippen LogP contribution is -2.36. The van der Waals surface area contributed by atoms with E-state index in [9.17, 15) is 22.0 Å². The summed E-state index contributed by atoms with van der Waals surface area (Å²) in [7, 11) is 0. The summed E-state index contributed by atoms with van der Waals surface area (Å²) in [5.74, 6) is 0. The molecule has 0 bridgehead atoms. The molecule has 0 aliphatic carbocycles. The summed E-state index contributed by atoms with van der Waals surface area (Å²) >= 11 is 0. The van der Waals surface area contributed by atoms with Gasteiger partial charge >= 0.3 is 12.2 Å². The molecule has 17 heavy (non-hydrogen) atoms. The van der Waals surface area contributed by atoms with Crippen LogP contribution in [-0.2, 0) is 18.9 Å². The molecule has 1 aliphatic heterocycles. The highest BCUT2D eigenvalue weighted by Crippen LogP contribution is 2.23. The number of halogens is 5. The smallest absolute Gasteiger partial charge is 0.371 e. The molecule has 1 fully saturated rings. The lowest BCUT2D eigenvalue weighted by molar-refractivity contribution is -0.338. The number of hydrogen-bond acceptors (Lipinski definition) is 4. The highest BCUT2D eigenvalue weighted by atomic mass is 19.3. The largest absolute Gasteiger partial charge is 0.381 e. The van der Waals surface area contributed by atoms with E-state index in [1.807, 2.05) is 0 Å². The molecule has 0 saturated carbocycles. The van der Waals surface area contributed by atoms with Gasteiger partial charge in [-0.2, -0.15) is 17.6 Å². The second-order valence-corrected chi connectivity index (χ2v) is 3.29. The number of hydrogen-bond donors (Lipinski definition) is 0. The van der Waals surface area contributed by atoms with Crippen molar-refractivity contribution in [2.45, 2.75) is 18.3 Å². The maximum absolute atomic E-state index is 12.8. The molecule has 1 rings (SSSR count). The van der Waals surface area contributed by atoms with Crippen molar-refractivity contribution in [3.05, 3.63) is 0 Å². The minimum atomic E-state index is -4.10. The second-order valence-electron chi connectivity index (χ2n) is 3.29. The van der Waals surface area contributed by atoms with Gasteiger partial charge in [0.25, 0.3) is 0 Å². The van der Waals surface area contributed by atoms with Crippen LogP contribution in [0.3, 0.4) is 0 Å². The normalized spacial score (nSPS) is 20.6. The molecule has 0 aromatic heterocycles. The minimum absolute atomic E-state index is 0.0592. The van der Waals surface area contributed by atoms with E-state index in [0.717, 1.165) is 0 Å². The zero-order chi connectivity index (χ0) is 12.9. The Morgan fingerprint density at radius 3 is 2.18 bits per heavy atom. The monoisotopic (exact) mass is 266 g/mol. The van der Waals surface area contributed by atoms with E-state index in [1.54, 1.807) is 0 Å². The van der Waals surface area contributed by atoms with Crippen molar-refractivity contribution >= 4 is 0 Å². The molecule has 0 N–H and O–H groups in total. The molecule has 0 amide bonds. The maximum Gasteiger partial charge on any atom is 0.381 e. The molecule has 0 aromatic rings. The van der Waals surface area contributed by atoms with Gasteiger partial charge in [-0.25, -0.2) is 4.39 Å². The fourth-order valence-corrected chi connectivity index (χ4v) is 0.826. The molecule has 0 radical (unpaired) electrons. The molecule has 1 aliphatic rings. The Bertz CT molecular complexity index is 234. The molecule has 1 unspecified atom stereocenters. The number of rotatable bonds is 9. The zero-order valence-corrected chi connectivity index (χ0v) is 8.64. The van der Waals surface area contributed by atoms with Crippen LogP contribution in [-0.4, -0.2) is 51.6 Å². The molecular formula is C8H11F5O4. The highest BCUT2D eigenvalue weighted by Gasteiger charge is 2.39. The van der Waals surface area contributed by atoms with E-state index in [0.29, 0.717) is 6.61 Å². The van der Waals surface area contributed by atoms with E-state index in [2.05, 4.69) is 18.9 Å². The van der Waals surface area contributed by atoms with Crippen LogP contribution in [0, 0.1) is 0 Å². The van der Waals surface area contributed by atoms with Gasteiger partial charge in [-0.15, -0.1) is 0 Å². The van der Waals surface area contributed by atoms with Crippen LogP contribution < -0.4 is 0 Å². The third-order valence-electron chi connectivity index (χ3n) is 1.69. The quantitative estimate of drug-likeness (QED) is 0.469. The second kappa shape index (κ2) is 5.89. The van der Waals surface area contributed by atoms with E-state index < -0.39 is 32.3 Å². The minimum Gasteiger partial charge on any atom is -0.371 e. The molecule has 9 heteroatoms. The molecule has 1 atom stereocenters. The van der Waals surface area contributed by atoms with E-state index in [1.165, 1.54) is 0 Å². The predicted octanol–water partition coefficient (Wildman–Crippen LogP) is 1.55. The van der Waals surface area contributed by atoms with Crippen molar-refractivity contribution in [2.75, 3.05) is 33.3 Å². The van der Waals surface area contributed by atoms with Crippen molar-refractivity contribution in [2.24, 2.45) is 0 Å². The summed E-state index contributed by atoms with van der Waals surface area (Å²) in [6, 6.07) is 0. The van der Waals surface area contributed by atoms with E-state index in [4.69, 9.17) is 0 Å². The molecule has 1 heterocycles. The van der Waals surface area contributed by atoms with Gasteiger partial charge in [0.1, 0.15) is 19.3 Å². The summed E-state index contributed by atoms with van der Waals surface area (Å²) in [6.07, 6.45) is -8.21. The van der Waals surface area contributed by atoms with Crippen LogP contribution >= 0.6 is 0 Å². The van der Waals surface area contributed by atoms with Crippen LogP contribution in [0.15, 0.2) is 0 Å². The molecule has 4 nitrogen and oxygen atoms in total. The standard InChI is InChI=1S/C8H11F5O4/c9-5-17-8(12,13)4-16-7(10,11)3-14-1-6-2-15-6/h6H,1-5H2. The Morgan fingerprint density at radius 1 is 1.06 bits per heavy atom. The first-order valence-electron chi connectivity index (χ1n) is 4.63. The Balaban J connectivity index is 2.17. The fraction of sp³-hybridized carbons (Fsp3) is 1.00. The molecular weight excluding hydrogens is 255 g/mol. The average Bonchev–Trinajstić information content (AvgIpc) is 2.99. The van der Waals surface area contributed by atoms with Gasteiger partial charge in [0, 0.05) is 0 Å². The first-order valence-corrected chi connectivity index (χ1v) is 4.63. The highest BCUT2D eigenvalue weighted by molar-refractivity contribution is 4.67. The Kier molecular flexibility index (Phi) is 5.04. The molecule has 0 spiro atoms. The number of alkyl halides is 5. The number of ether oxygens (including phenoxy) is 4. The predicted molar refractivity (Wildman–Crippen MR) is 43.5 cm³/mol. The average molecular weight is 266 g/mol. The van der Waals surface area contributed by atoms with Gasteiger partial charge < -0.3 is 14.2 Å². The topological polar surface area (TPSA) is 40.2 Å². The third kappa shape index (κ3) is 6.71. The van der Waals surface area contributed by atoms with Crippen molar-refractivity contribution in [1.82, 2.24) is 0 Å². The summed E-state index contributed by atoms with van der Waals surface area (Å²) in [6.45, 7) is -4.37. The van der Waals surface area contributed by atoms with E-state index >= 15 is 0 Å². The van der Waals surface area contributed by atoms with Crippen molar-refractivity contribution < 1.29 is 40.9 Å². The van der Waals surface area contributed by atoms with Crippen molar-refractivity contribution in [1.29, 1.82) is 0 Å².